The topological polar surface area (TPSA) is 159 Å². The number of rotatable bonds is 22. The van der Waals surface area contributed by atoms with Crippen molar-refractivity contribution in [2.75, 3.05) is 26.4 Å². The van der Waals surface area contributed by atoms with E-state index in [4.69, 9.17) is 38.5 Å². The molecular weight excluding hydrogens is 628 g/mol. The van der Waals surface area contributed by atoms with E-state index in [9.17, 15) is 24.0 Å². The van der Waals surface area contributed by atoms with Crippen molar-refractivity contribution in [1.29, 1.82) is 0 Å². The second-order valence-corrected chi connectivity index (χ2v) is 10.3. The van der Waals surface area contributed by atoms with Crippen LogP contribution in [0.5, 0.6) is 11.5 Å². The van der Waals surface area contributed by atoms with E-state index in [0.717, 1.165) is 24.3 Å². The highest BCUT2D eigenvalue weighted by molar-refractivity contribution is 5.95. The Morgan fingerprint density at radius 3 is 1.19 bits per heavy atom. The van der Waals surface area contributed by atoms with Crippen LogP contribution in [0.1, 0.15) is 25.0 Å². The summed E-state index contributed by atoms with van der Waals surface area (Å²) in [6, 6.07) is 13.1. The van der Waals surface area contributed by atoms with Crippen LogP contribution in [0.25, 0.3) is 0 Å². The predicted molar refractivity (Wildman–Crippen MR) is 170 cm³/mol. The highest BCUT2D eigenvalue weighted by Crippen LogP contribution is 2.31. The van der Waals surface area contributed by atoms with E-state index in [1.54, 1.807) is 48.5 Å². The molecule has 2 aromatic carbocycles. The number of carbonyl (C=O) groups excluding carboxylic acids is 5. The van der Waals surface area contributed by atoms with Gasteiger partial charge in [0.05, 0.1) is 0 Å². The Kier molecular flexibility index (Phi) is 15.5. The van der Waals surface area contributed by atoms with Crippen LogP contribution in [0.3, 0.4) is 0 Å². The SMILES string of the molecule is C=CC(=O)OCCOc1ccc(CC(C)(OOC(=O)C=C)C(=O)C(C)(Cc2ccc(OCCOC(=O)C=C)cc2)OOC(=O)C=C)cc1. The van der Waals surface area contributed by atoms with Gasteiger partial charge in [0.25, 0.3) is 0 Å². The van der Waals surface area contributed by atoms with Gasteiger partial charge in [-0.3, -0.25) is 14.6 Å². The molecule has 48 heavy (non-hydrogen) atoms. The first-order valence-corrected chi connectivity index (χ1v) is 14.5. The van der Waals surface area contributed by atoms with Gasteiger partial charge in [-0.05, 0) is 49.2 Å². The number of Topliss-reactive ketones (excluding diaryl/α,β-unsaturated/α-hetero) is 1. The molecule has 2 rings (SSSR count). The van der Waals surface area contributed by atoms with Gasteiger partial charge in [-0.1, -0.05) is 50.6 Å². The molecule has 0 saturated carbocycles. The number of carbonyl (C=O) groups is 5. The van der Waals surface area contributed by atoms with Crippen molar-refractivity contribution >= 4 is 29.7 Å². The molecule has 0 aromatic heterocycles. The smallest absolute Gasteiger partial charge is 0.365 e. The van der Waals surface area contributed by atoms with Crippen molar-refractivity contribution in [3.8, 4) is 11.5 Å². The number of ketones is 1. The van der Waals surface area contributed by atoms with E-state index < -0.39 is 40.9 Å². The molecule has 0 heterocycles. The molecule has 256 valence electrons. The maximum atomic E-state index is 14.3. The van der Waals surface area contributed by atoms with Gasteiger partial charge in [-0.2, -0.15) is 9.78 Å². The lowest BCUT2D eigenvalue weighted by atomic mass is 9.80. The number of hydrogen-bond donors (Lipinski definition) is 0. The third-order valence-electron chi connectivity index (χ3n) is 6.37. The minimum Gasteiger partial charge on any atom is -0.490 e. The van der Waals surface area contributed by atoms with Gasteiger partial charge in [0.15, 0.2) is 11.2 Å². The summed E-state index contributed by atoms with van der Waals surface area (Å²) in [5.41, 5.74) is -2.64. The Hall–Kier alpha value is -5.53. The minimum atomic E-state index is -1.89. The minimum absolute atomic E-state index is 0.0136. The highest BCUT2D eigenvalue weighted by Gasteiger charge is 2.50. The molecule has 0 saturated heterocycles. The van der Waals surface area contributed by atoms with Crippen LogP contribution in [0, 0.1) is 0 Å². The fourth-order valence-electron chi connectivity index (χ4n) is 4.10. The first-order valence-electron chi connectivity index (χ1n) is 14.5. The molecule has 13 nitrogen and oxygen atoms in total. The monoisotopic (exact) mass is 666 g/mol. The molecule has 2 unspecified atom stereocenters. The van der Waals surface area contributed by atoms with Crippen LogP contribution in [0.15, 0.2) is 99.2 Å². The molecule has 0 N–H and O–H groups in total. The van der Waals surface area contributed by atoms with Gasteiger partial charge in [0.1, 0.15) is 37.9 Å². The lowest BCUT2D eigenvalue weighted by Gasteiger charge is -2.35. The van der Waals surface area contributed by atoms with Gasteiger partial charge in [-0.15, -0.1) is 0 Å². The average molecular weight is 667 g/mol. The molecule has 2 atom stereocenters. The molecule has 0 amide bonds. The Morgan fingerprint density at radius 2 is 0.875 bits per heavy atom. The normalized spacial score (nSPS) is 12.9. The lowest BCUT2D eigenvalue weighted by Crippen LogP contribution is -2.55. The fourth-order valence-corrected chi connectivity index (χ4v) is 4.10. The summed E-state index contributed by atoms with van der Waals surface area (Å²) >= 11 is 0. The molecule has 13 heteroatoms. The van der Waals surface area contributed by atoms with Crippen molar-refractivity contribution in [2.24, 2.45) is 0 Å². The van der Waals surface area contributed by atoms with E-state index in [0.29, 0.717) is 22.6 Å². The standard InChI is InChI=1S/C35H38O13/c1-7-29(36)43-21-19-41-27-15-11-25(12-16-27)23-34(5,47-45-31(38)9-3)33(40)35(6,48-46-32(39)10-4)24-26-13-17-28(18-14-26)42-20-22-44-30(37)8-2/h7-18H,1-4,19-24H2,5-6H3. The number of ether oxygens (including phenoxy) is 4. The van der Waals surface area contributed by atoms with Crippen molar-refractivity contribution in [3.63, 3.8) is 0 Å². The summed E-state index contributed by atoms with van der Waals surface area (Å²) in [5, 5.41) is 0. The summed E-state index contributed by atoms with van der Waals surface area (Å²) in [6.45, 7) is 16.3. The van der Waals surface area contributed by atoms with Gasteiger partial charge in [0.2, 0.25) is 5.78 Å². The van der Waals surface area contributed by atoms with Gasteiger partial charge < -0.3 is 18.9 Å². The highest BCUT2D eigenvalue weighted by atomic mass is 17.2. The number of esters is 2. The van der Waals surface area contributed by atoms with Crippen LogP contribution in [-0.4, -0.2) is 67.3 Å². The van der Waals surface area contributed by atoms with Crippen molar-refractivity contribution in [2.45, 2.75) is 37.9 Å². The molecule has 0 aliphatic rings. The van der Waals surface area contributed by atoms with Crippen LogP contribution in [0.4, 0.5) is 0 Å². The van der Waals surface area contributed by atoms with Crippen LogP contribution < -0.4 is 9.47 Å². The molecule has 0 radical (unpaired) electrons. The molecule has 0 bridgehead atoms. The third-order valence-corrected chi connectivity index (χ3v) is 6.37. The molecule has 2 aromatic rings. The predicted octanol–water partition coefficient (Wildman–Crippen LogP) is 4.10. The number of hydrogen-bond acceptors (Lipinski definition) is 13. The third kappa shape index (κ3) is 12.7. The van der Waals surface area contributed by atoms with E-state index in [-0.39, 0.29) is 39.3 Å². The van der Waals surface area contributed by atoms with E-state index in [1.807, 2.05) is 0 Å². The zero-order chi connectivity index (χ0) is 35.6. The zero-order valence-corrected chi connectivity index (χ0v) is 26.8. The van der Waals surface area contributed by atoms with E-state index in [1.165, 1.54) is 13.8 Å². The van der Waals surface area contributed by atoms with Gasteiger partial charge in [0, 0.05) is 37.1 Å². The van der Waals surface area contributed by atoms with Crippen LogP contribution >= 0.6 is 0 Å². The summed E-state index contributed by atoms with van der Waals surface area (Å²) < 4.78 is 20.9. The van der Waals surface area contributed by atoms with E-state index >= 15 is 0 Å². The Morgan fingerprint density at radius 1 is 0.542 bits per heavy atom. The Labute approximate surface area is 278 Å². The Balaban J connectivity index is 2.29. The van der Waals surface area contributed by atoms with Crippen molar-refractivity contribution < 1.29 is 62.5 Å². The van der Waals surface area contributed by atoms with Gasteiger partial charge in [-0.25, -0.2) is 19.2 Å². The number of benzene rings is 2. The maximum absolute atomic E-state index is 14.3. The van der Waals surface area contributed by atoms with Crippen molar-refractivity contribution in [1.82, 2.24) is 0 Å². The lowest BCUT2D eigenvalue weighted by molar-refractivity contribution is -0.339. The summed E-state index contributed by atoms with van der Waals surface area (Å²) in [5.74, 6) is -2.90. The zero-order valence-electron chi connectivity index (χ0n) is 26.8. The molecule has 0 fully saturated rings. The largest absolute Gasteiger partial charge is 0.490 e. The summed E-state index contributed by atoms with van der Waals surface area (Å²) in [4.78, 5) is 81.2. The van der Waals surface area contributed by atoms with Crippen molar-refractivity contribution in [3.05, 3.63) is 110 Å². The first kappa shape index (κ1) is 38.7. The summed E-state index contributed by atoms with van der Waals surface area (Å²) in [7, 11) is 0. The molecular formula is C35H38O13. The second-order valence-electron chi connectivity index (χ2n) is 10.3. The molecule has 0 aliphatic heterocycles. The summed E-state index contributed by atoms with van der Waals surface area (Å²) in [6.07, 6.45) is 3.54. The van der Waals surface area contributed by atoms with Crippen LogP contribution in [-0.2, 0) is 65.8 Å². The first-order chi connectivity index (χ1) is 22.9. The fraction of sp³-hybridized carbons (Fsp3) is 0.286. The molecule has 0 aliphatic carbocycles. The van der Waals surface area contributed by atoms with Crippen LogP contribution in [0.2, 0.25) is 0 Å². The van der Waals surface area contributed by atoms with E-state index in [2.05, 4.69) is 26.3 Å². The van der Waals surface area contributed by atoms with Gasteiger partial charge >= 0.3 is 23.9 Å². The quantitative estimate of drug-likeness (QED) is 0.0582. The molecule has 0 spiro atoms. The average Bonchev–Trinajstić information content (AvgIpc) is 3.10. The Bertz CT molecular complexity index is 1350. The maximum Gasteiger partial charge on any atom is 0.365 e. The second kappa shape index (κ2) is 19.2.